The smallest absolute Gasteiger partial charge is 0.115 e. The highest BCUT2D eigenvalue weighted by Crippen LogP contribution is 2.25. The third-order valence-electron chi connectivity index (χ3n) is 3.61. The number of hydrogen-bond donors (Lipinski definition) is 2. The zero-order valence-corrected chi connectivity index (χ0v) is 10.8. The summed E-state index contributed by atoms with van der Waals surface area (Å²) < 4.78 is 0. The lowest BCUT2D eigenvalue weighted by Crippen LogP contribution is -2.38. The van der Waals surface area contributed by atoms with Gasteiger partial charge in [-0.3, -0.25) is 0 Å². The van der Waals surface area contributed by atoms with Gasteiger partial charge in [-0.1, -0.05) is 25.0 Å². The van der Waals surface area contributed by atoms with Gasteiger partial charge in [-0.15, -0.1) is 11.6 Å². The fourth-order valence-corrected chi connectivity index (χ4v) is 2.89. The van der Waals surface area contributed by atoms with Crippen molar-refractivity contribution >= 4 is 11.6 Å². The molecule has 0 aromatic heterocycles. The van der Waals surface area contributed by atoms with Crippen LogP contribution in [0.5, 0.6) is 5.75 Å². The number of phenols is 1. The van der Waals surface area contributed by atoms with Crippen LogP contribution in [0.2, 0.25) is 0 Å². The first-order valence-corrected chi connectivity index (χ1v) is 6.90. The number of benzene rings is 1. The van der Waals surface area contributed by atoms with Gasteiger partial charge >= 0.3 is 0 Å². The molecule has 0 bridgehead atoms. The lowest BCUT2D eigenvalue weighted by atomic mass is 9.85. The summed E-state index contributed by atoms with van der Waals surface area (Å²) in [5, 5.41) is 12.8. The molecule has 1 saturated carbocycles. The molecule has 0 amide bonds. The second kappa shape index (κ2) is 6.27. The zero-order chi connectivity index (χ0) is 12.1. The van der Waals surface area contributed by atoms with Crippen molar-refractivity contribution < 1.29 is 5.11 Å². The van der Waals surface area contributed by atoms with Crippen molar-refractivity contribution in [2.75, 3.05) is 5.88 Å². The maximum Gasteiger partial charge on any atom is 0.115 e. The minimum absolute atomic E-state index is 0.324. The Kier molecular flexibility index (Phi) is 4.69. The van der Waals surface area contributed by atoms with E-state index < -0.39 is 0 Å². The van der Waals surface area contributed by atoms with Gasteiger partial charge in [-0.2, -0.15) is 0 Å². The van der Waals surface area contributed by atoms with Gasteiger partial charge < -0.3 is 10.4 Å². The van der Waals surface area contributed by atoms with Gasteiger partial charge in [0.25, 0.3) is 0 Å². The Labute approximate surface area is 108 Å². The molecule has 94 valence electrons. The maximum atomic E-state index is 9.22. The molecule has 3 heteroatoms. The Morgan fingerprint density at radius 3 is 2.59 bits per heavy atom. The quantitative estimate of drug-likeness (QED) is 0.808. The summed E-state index contributed by atoms with van der Waals surface area (Å²) in [6, 6.07) is 7.94. The van der Waals surface area contributed by atoms with Crippen LogP contribution in [-0.2, 0) is 6.54 Å². The predicted octanol–water partition coefficient (Wildman–Crippen LogP) is 3.28. The molecule has 1 aliphatic rings. The van der Waals surface area contributed by atoms with Gasteiger partial charge in [0, 0.05) is 18.5 Å². The average Bonchev–Trinajstić information content (AvgIpc) is 2.38. The van der Waals surface area contributed by atoms with E-state index in [-0.39, 0.29) is 0 Å². The Morgan fingerprint density at radius 1 is 1.18 bits per heavy atom. The highest BCUT2D eigenvalue weighted by Gasteiger charge is 2.23. The fraction of sp³-hybridized carbons (Fsp3) is 0.571. The third kappa shape index (κ3) is 3.62. The summed E-state index contributed by atoms with van der Waals surface area (Å²) >= 11 is 6.00. The molecule has 2 atom stereocenters. The molecular formula is C14H20ClNO. The molecule has 0 aliphatic heterocycles. The lowest BCUT2D eigenvalue weighted by molar-refractivity contribution is 0.282. The highest BCUT2D eigenvalue weighted by atomic mass is 35.5. The highest BCUT2D eigenvalue weighted by molar-refractivity contribution is 6.18. The summed E-state index contributed by atoms with van der Waals surface area (Å²) in [5.41, 5.74) is 1.21. The Balaban J connectivity index is 1.86. The van der Waals surface area contributed by atoms with E-state index >= 15 is 0 Å². The molecule has 2 rings (SSSR count). The van der Waals surface area contributed by atoms with E-state index in [9.17, 15) is 5.11 Å². The van der Waals surface area contributed by atoms with Crippen molar-refractivity contribution in [2.24, 2.45) is 5.92 Å². The van der Waals surface area contributed by atoms with Gasteiger partial charge in [0.15, 0.2) is 0 Å². The second-order valence-corrected chi connectivity index (χ2v) is 5.16. The van der Waals surface area contributed by atoms with Crippen LogP contribution in [0, 0.1) is 5.92 Å². The standard InChI is InChI=1S/C14H20ClNO/c15-9-12-3-1-2-4-14(12)16-10-11-5-7-13(17)8-6-11/h5-8,12,14,16-17H,1-4,9-10H2. The van der Waals surface area contributed by atoms with Crippen molar-refractivity contribution in [1.82, 2.24) is 5.32 Å². The first-order chi connectivity index (χ1) is 8.29. The molecule has 1 aliphatic carbocycles. The number of hydrogen-bond acceptors (Lipinski definition) is 2. The first kappa shape index (κ1) is 12.7. The van der Waals surface area contributed by atoms with Crippen molar-refractivity contribution in [3.63, 3.8) is 0 Å². The van der Waals surface area contributed by atoms with Gasteiger partial charge in [-0.05, 0) is 36.5 Å². The van der Waals surface area contributed by atoms with E-state index in [0.717, 1.165) is 12.4 Å². The number of aromatic hydroxyl groups is 1. The van der Waals surface area contributed by atoms with Gasteiger partial charge in [0.1, 0.15) is 5.75 Å². The van der Waals surface area contributed by atoms with Crippen molar-refractivity contribution in [2.45, 2.75) is 38.3 Å². The molecule has 0 radical (unpaired) electrons. The molecule has 17 heavy (non-hydrogen) atoms. The molecule has 2 N–H and O–H groups in total. The maximum absolute atomic E-state index is 9.22. The zero-order valence-electron chi connectivity index (χ0n) is 10.0. The van der Waals surface area contributed by atoms with Gasteiger partial charge in [0.05, 0.1) is 0 Å². The predicted molar refractivity (Wildman–Crippen MR) is 71.4 cm³/mol. The minimum Gasteiger partial charge on any atom is -0.508 e. The lowest BCUT2D eigenvalue weighted by Gasteiger charge is -2.31. The summed E-state index contributed by atoms with van der Waals surface area (Å²) in [5.74, 6) is 1.69. The SMILES string of the molecule is Oc1ccc(CNC2CCCCC2CCl)cc1. The van der Waals surface area contributed by atoms with Gasteiger partial charge in [0.2, 0.25) is 0 Å². The van der Waals surface area contributed by atoms with Crippen LogP contribution in [0.25, 0.3) is 0 Å². The molecule has 0 saturated heterocycles. The van der Waals surface area contributed by atoms with E-state index in [0.29, 0.717) is 17.7 Å². The van der Waals surface area contributed by atoms with Crippen LogP contribution in [-0.4, -0.2) is 17.0 Å². The van der Waals surface area contributed by atoms with Crippen LogP contribution in [0.3, 0.4) is 0 Å². The monoisotopic (exact) mass is 253 g/mol. The third-order valence-corrected chi connectivity index (χ3v) is 4.01. The van der Waals surface area contributed by atoms with Crippen LogP contribution in [0.4, 0.5) is 0 Å². The van der Waals surface area contributed by atoms with Crippen LogP contribution in [0.1, 0.15) is 31.2 Å². The number of halogens is 1. The number of alkyl halides is 1. The number of nitrogens with one attached hydrogen (secondary N) is 1. The van der Waals surface area contributed by atoms with E-state index in [2.05, 4.69) is 5.32 Å². The fourth-order valence-electron chi connectivity index (χ4n) is 2.52. The summed E-state index contributed by atoms with van der Waals surface area (Å²) in [4.78, 5) is 0. The minimum atomic E-state index is 0.324. The van der Waals surface area contributed by atoms with E-state index in [1.165, 1.54) is 31.2 Å². The molecule has 0 spiro atoms. The molecule has 2 unspecified atom stereocenters. The molecule has 1 aromatic rings. The summed E-state index contributed by atoms with van der Waals surface area (Å²) in [6.45, 7) is 0.859. The Hall–Kier alpha value is -0.730. The Bertz CT molecular complexity index is 339. The summed E-state index contributed by atoms with van der Waals surface area (Å²) in [7, 11) is 0. The van der Waals surface area contributed by atoms with Crippen molar-refractivity contribution in [3.05, 3.63) is 29.8 Å². The number of rotatable bonds is 4. The van der Waals surface area contributed by atoms with Crippen molar-refractivity contribution in [3.8, 4) is 5.75 Å². The van der Waals surface area contributed by atoms with E-state index in [1.54, 1.807) is 12.1 Å². The molecule has 1 aromatic carbocycles. The van der Waals surface area contributed by atoms with Crippen molar-refractivity contribution in [1.29, 1.82) is 0 Å². The van der Waals surface area contributed by atoms with Crippen LogP contribution >= 0.6 is 11.6 Å². The van der Waals surface area contributed by atoms with Gasteiger partial charge in [-0.25, -0.2) is 0 Å². The molecule has 0 heterocycles. The van der Waals surface area contributed by atoms with Crippen LogP contribution < -0.4 is 5.32 Å². The average molecular weight is 254 g/mol. The molecular weight excluding hydrogens is 234 g/mol. The normalized spacial score (nSPS) is 24.8. The van der Waals surface area contributed by atoms with E-state index in [4.69, 9.17) is 11.6 Å². The first-order valence-electron chi connectivity index (χ1n) is 6.37. The molecule has 2 nitrogen and oxygen atoms in total. The second-order valence-electron chi connectivity index (χ2n) is 4.85. The number of phenolic OH excluding ortho intramolecular Hbond substituents is 1. The Morgan fingerprint density at radius 2 is 1.88 bits per heavy atom. The van der Waals surface area contributed by atoms with E-state index in [1.807, 2.05) is 12.1 Å². The summed E-state index contributed by atoms with van der Waals surface area (Å²) in [6.07, 6.45) is 5.10. The van der Waals surface area contributed by atoms with Crippen LogP contribution in [0.15, 0.2) is 24.3 Å². The topological polar surface area (TPSA) is 32.3 Å². The molecule has 1 fully saturated rings. The largest absolute Gasteiger partial charge is 0.508 e.